The number of allylic oxidation sites excluding steroid dienone is 1. The average Bonchev–Trinajstić information content (AvgIpc) is 3.46. The highest BCUT2D eigenvalue weighted by Gasteiger charge is 2.32. The number of aliphatic hydroxyl groups excluding tert-OH is 1. The molecule has 13 nitrogen and oxygen atoms in total. The Labute approximate surface area is 446 Å². The number of nitrogens with one attached hydrogen (secondary N) is 3. The molecule has 400 valence electrons. The maximum absolute atomic E-state index is 12.4. The summed E-state index contributed by atoms with van der Waals surface area (Å²) < 4.78 is 24.8. The summed E-state index contributed by atoms with van der Waals surface area (Å²) in [6.07, 6.45) is 3.38. The summed E-state index contributed by atoms with van der Waals surface area (Å²) in [6, 6.07) is 53.8. The van der Waals surface area contributed by atoms with E-state index in [2.05, 4.69) is 16.0 Å². The first-order valence-corrected chi connectivity index (χ1v) is 24.9. The maximum atomic E-state index is 12.4. The maximum Gasteiger partial charge on any atom is 0.354 e. The first-order chi connectivity index (χ1) is 35.9. The number of carbonyl (C=O) groups excluding carboxylic acids is 6. The molecule has 6 aromatic rings. The lowest BCUT2D eigenvalue weighted by Gasteiger charge is -2.25. The SMILES string of the molecule is C.CC/C(=C(/NC(=O)c1ccccc1)C(=O)OC)c1ccccc1.CC[C@@H](c1ccccc1)[C@@H](NC(=O)c1ccccc1)C(=O)OC.CC[C@H](c1ccccc1)[C@H](NC(=O)c1ccccc1)C(=O)OC.CO.CSF. The number of esters is 3. The molecule has 75 heavy (non-hydrogen) atoms. The van der Waals surface area contributed by atoms with Gasteiger partial charge >= 0.3 is 17.9 Å². The lowest BCUT2D eigenvalue weighted by Crippen LogP contribution is -2.45. The van der Waals surface area contributed by atoms with E-state index < -0.39 is 30.0 Å². The lowest BCUT2D eigenvalue weighted by atomic mass is 9.89. The fourth-order valence-corrected chi connectivity index (χ4v) is 7.55. The van der Waals surface area contributed by atoms with Gasteiger partial charge in [-0.15, -0.1) is 0 Å². The predicted octanol–water partition coefficient (Wildman–Crippen LogP) is 11.2. The Kier molecular flexibility index (Phi) is 32.8. The average molecular weight is 1050 g/mol. The summed E-state index contributed by atoms with van der Waals surface area (Å²) in [5.74, 6) is -2.63. The van der Waals surface area contributed by atoms with Gasteiger partial charge in [-0.05, 0) is 77.9 Å². The molecule has 4 atom stereocenters. The van der Waals surface area contributed by atoms with Crippen LogP contribution in [-0.2, 0) is 28.6 Å². The van der Waals surface area contributed by atoms with E-state index in [9.17, 15) is 32.7 Å². The molecule has 0 fully saturated rings. The fourth-order valence-electron chi connectivity index (χ4n) is 7.55. The molecule has 0 saturated heterocycles. The van der Waals surface area contributed by atoms with E-state index in [0.717, 1.165) is 29.4 Å². The van der Waals surface area contributed by atoms with Crippen molar-refractivity contribution >= 4 is 53.4 Å². The van der Waals surface area contributed by atoms with E-state index in [1.807, 2.05) is 130 Å². The van der Waals surface area contributed by atoms with Crippen molar-refractivity contribution in [3.05, 3.63) is 221 Å². The molecule has 0 radical (unpaired) electrons. The third kappa shape index (κ3) is 21.6. The normalized spacial score (nSPS) is 11.8. The minimum atomic E-state index is -0.722. The van der Waals surface area contributed by atoms with Crippen LogP contribution in [0.1, 0.15) is 107 Å². The molecule has 0 saturated carbocycles. The Hall–Kier alpha value is -7.88. The number of amides is 3. The van der Waals surface area contributed by atoms with Gasteiger partial charge in [-0.3, -0.25) is 14.4 Å². The number of ether oxygens (including phenoxy) is 3. The van der Waals surface area contributed by atoms with Crippen molar-refractivity contribution in [3.63, 3.8) is 0 Å². The van der Waals surface area contributed by atoms with Crippen molar-refractivity contribution < 1.29 is 52.0 Å². The molecule has 6 aromatic carbocycles. The van der Waals surface area contributed by atoms with E-state index >= 15 is 0 Å². The molecule has 0 aliphatic rings. The fraction of sp³-hybridized carbons (Fsp3) is 0.267. The molecule has 3 amide bonds. The highest BCUT2D eigenvalue weighted by molar-refractivity contribution is 7.93. The first kappa shape index (κ1) is 65.1. The van der Waals surface area contributed by atoms with Crippen LogP contribution in [0.2, 0.25) is 0 Å². The molecular weight excluding hydrogens is 974 g/mol. The smallest absolute Gasteiger partial charge is 0.354 e. The molecule has 0 aromatic heterocycles. The Morgan fingerprint density at radius 1 is 0.480 bits per heavy atom. The minimum Gasteiger partial charge on any atom is -0.467 e. The summed E-state index contributed by atoms with van der Waals surface area (Å²) in [7, 11) is 4.97. The Balaban J connectivity index is 0.000000535. The van der Waals surface area contributed by atoms with Crippen LogP contribution in [0.15, 0.2) is 188 Å². The van der Waals surface area contributed by atoms with Crippen molar-refractivity contribution in [2.24, 2.45) is 0 Å². The van der Waals surface area contributed by atoms with Crippen LogP contribution in [-0.4, -0.2) is 87.5 Å². The third-order valence-corrected chi connectivity index (χ3v) is 11.1. The van der Waals surface area contributed by atoms with Crippen molar-refractivity contribution in [2.45, 2.75) is 71.4 Å². The van der Waals surface area contributed by atoms with E-state index in [1.165, 1.54) is 27.6 Å². The number of rotatable bonds is 17. The zero-order valence-electron chi connectivity index (χ0n) is 43.2. The Bertz CT molecular complexity index is 2480. The number of halogens is 1. The molecule has 15 heteroatoms. The second kappa shape index (κ2) is 37.8. The predicted molar refractivity (Wildman–Crippen MR) is 297 cm³/mol. The summed E-state index contributed by atoms with van der Waals surface area (Å²) >= 11 is 0.250. The highest BCUT2D eigenvalue weighted by Crippen LogP contribution is 2.26. The summed E-state index contributed by atoms with van der Waals surface area (Å²) in [5, 5.41) is 15.3. The molecule has 4 N–H and O–H groups in total. The van der Waals surface area contributed by atoms with Crippen molar-refractivity contribution in [2.75, 3.05) is 34.7 Å². The summed E-state index contributed by atoms with van der Waals surface area (Å²) in [5.41, 5.74) is 5.31. The topological polar surface area (TPSA) is 186 Å². The molecule has 0 bridgehead atoms. The third-order valence-electron chi connectivity index (χ3n) is 11.1. The number of benzene rings is 6. The van der Waals surface area contributed by atoms with Crippen LogP contribution in [0.3, 0.4) is 0 Å². The van der Waals surface area contributed by atoms with Crippen LogP contribution in [0.25, 0.3) is 5.57 Å². The second-order valence-corrected chi connectivity index (χ2v) is 15.9. The zero-order chi connectivity index (χ0) is 54.7. The van der Waals surface area contributed by atoms with Crippen LogP contribution in [0.4, 0.5) is 3.89 Å². The summed E-state index contributed by atoms with van der Waals surface area (Å²) in [6.45, 7) is 5.91. The van der Waals surface area contributed by atoms with E-state index in [1.54, 1.807) is 72.8 Å². The van der Waals surface area contributed by atoms with Crippen LogP contribution in [0.5, 0.6) is 0 Å². The monoisotopic (exact) mass is 1050 g/mol. The van der Waals surface area contributed by atoms with Crippen molar-refractivity contribution in [1.82, 2.24) is 16.0 Å². The van der Waals surface area contributed by atoms with Gasteiger partial charge in [-0.1, -0.05) is 174 Å². The van der Waals surface area contributed by atoms with Gasteiger partial charge in [0.1, 0.15) is 17.8 Å². The highest BCUT2D eigenvalue weighted by atomic mass is 32.2. The number of aliphatic hydroxyl groups is 1. The lowest BCUT2D eigenvalue weighted by molar-refractivity contribution is -0.144. The first-order valence-electron chi connectivity index (χ1n) is 23.7. The van der Waals surface area contributed by atoms with E-state index in [4.69, 9.17) is 19.3 Å². The van der Waals surface area contributed by atoms with Gasteiger partial charge in [-0.25, -0.2) is 14.4 Å². The van der Waals surface area contributed by atoms with Gasteiger partial charge < -0.3 is 35.3 Å². The molecular formula is C60H72FN3O10S. The van der Waals surface area contributed by atoms with Gasteiger partial charge in [0.15, 0.2) is 0 Å². The van der Waals surface area contributed by atoms with Gasteiger partial charge in [0.25, 0.3) is 17.7 Å². The molecule has 0 unspecified atom stereocenters. The zero-order valence-corrected chi connectivity index (χ0v) is 44.0. The van der Waals surface area contributed by atoms with Crippen LogP contribution >= 0.6 is 12.1 Å². The summed E-state index contributed by atoms with van der Waals surface area (Å²) in [4.78, 5) is 73.8. The molecule has 0 heterocycles. The van der Waals surface area contributed by atoms with Crippen LogP contribution in [0, 0.1) is 0 Å². The number of hydrogen-bond donors (Lipinski definition) is 4. The number of methoxy groups -OCH3 is 3. The van der Waals surface area contributed by atoms with Crippen molar-refractivity contribution in [1.29, 1.82) is 0 Å². The van der Waals surface area contributed by atoms with Gasteiger partial charge in [0, 0.05) is 54.0 Å². The van der Waals surface area contributed by atoms with Gasteiger partial charge in [0.2, 0.25) is 0 Å². The molecule has 0 aliphatic carbocycles. The Morgan fingerprint density at radius 2 is 0.760 bits per heavy atom. The largest absolute Gasteiger partial charge is 0.467 e. The van der Waals surface area contributed by atoms with Gasteiger partial charge in [-0.2, -0.15) is 3.89 Å². The standard InChI is InChI=1S/2C19H21NO3.C19H19NO3.CH3FS.CH4O.CH4/c3*1-3-16(14-10-6-4-7-11-14)17(19(22)23-2)20-18(21)15-12-8-5-9-13-15;1-3-2;1-2;/h2*4-13,16-17H,3H2,1-2H3,(H,20,21);4-13H,3H2,1-2H3,(H,20,21);1H3;2H,1H3;1H4/b;;17-16-;;;/t2*16-,17+;;;;/m10..../s1. The molecule has 0 spiro atoms. The van der Waals surface area contributed by atoms with E-state index in [0.29, 0.717) is 36.0 Å². The number of hydrogen-bond acceptors (Lipinski definition) is 11. The second-order valence-electron chi connectivity index (χ2n) is 15.6. The van der Waals surface area contributed by atoms with Crippen molar-refractivity contribution in [3.8, 4) is 0 Å². The van der Waals surface area contributed by atoms with E-state index in [-0.39, 0.29) is 54.8 Å². The van der Waals surface area contributed by atoms with Crippen LogP contribution < -0.4 is 16.0 Å². The Morgan fingerprint density at radius 3 is 1.03 bits per heavy atom. The number of carbonyl (C=O) groups is 6. The van der Waals surface area contributed by atoms with Gasteiger partial charge in [0.05, 0.1) is 21.3 Å². The quantitative estimate of drug-likeness (QED) is 0.0387. The molecule has 0 aliphatic heterocycles. The minimum absolute atomic E-state index is 0. The molecule has 6 rings (SSSR count).